The predicted octanol–water partition coefficient (Wildman–Crippen LogP) is 2.76. The Balaban J connectivity index is 2.01. The lowest BCUT2D eigenvalue weighted by molar-refractivity contribution is -0.384. The van der Waals surface area contributed by atoms with Crippen LogP contribution < -0.4 is 5.32 Å². The minimum Gasteiger partial charge on any atom is -0.377 e. The zero-order chi connectivity index (χ0) is 14.5. The van der Waals surface area contributed by atoms with Gasteiger partial charge in [0.05, 0.1) is 11.5 Å². The van der Waals surface area contributed by atoms with Crippen molar-refractivity contribution in [2.75, 3.05) is 25.0 Å². The van der Waals surface area contributed by atoms with E-state index in [0.717, 1.165) is 25.9 Å². The van der Waals surface area contributed by atoms with E-state index < -0.39 is 4.92 Å². The van der Waals surface area contributed by atoms with Gasteiger partial charge in [-0.1, -0.05) is 17.5 Å². The number of terminal acetylenes is 1. The summed E-state index contributed by atoms with van der Waals surface area (Å²) in [5.41, 5.74) is 0.540. The number of anilines is 1. The lowest BCUT2D eigenvalue weighted by Crippen LogP contribution is -2.39. The number of nitrogens with zero attached hydrogens (tertiary/aromatic N) is 2. The van der Waals surface area contributed by atoms with Crippen molar-refractivity contribution >= 4 is 23.0 Å². The summed E-state index contributed by atoms with van der Waals surface area (Å²) in [6.45, 7) is 2.47. The Labute approximate surface area is 123 Å². The van der Waals surface area contributed by atoms with Gasteiger partial charge in [-0.25, -0.2) is 0 Å². The average molecular weight is 294 g/mol. The fourth-order valence-electron chi connectivity index (χ4n) is 2.36. The Morgan fingerprint density at radius 3 is 2.80 bits per heavy atom. The van der Waals surface area contributed by atoms with Gasteiger partial charge in [-0.15, -0.1) is 6.42 Å². The van der Waals surface area contributed by atoms with Gasteiger partial charge in [0.25, 0.3) is 5.69 Å². The quantitative estimate of drug-likeness (QED) is 0.527. The summed E-state index contributed by atoms with van der Waals surface area (Å²) in [4.78, 5) is 12.8. The van der Waals surface area contributed by atoms with E-state index >= 15 is 0 Å². The summed E-state index contributed by atoms with van der Waals surface area (Å²) >= 11 is 5.80. The number of benzene rings is 1. The molecule has 2 rings (SSSR count). The van der Waals surface area contributed by atoms with Crippen molar-refractivity contribution < 1.29 is 4.92 Å². The minimum absolute atomic E-state index is 0.0172. The third kappa shape index (κ3) is 3.62. The van der Waals surface area contributed by atoms with Gasteiger partial charge < -0.3 is 5.32 Å². The van der Waals surface area contributed by atoms with E-state index in [1.165, 1.54) is 6.07 Å². The standard InChI is InChI=1S/C14H16ClN3O2/c1-2-7-17-8-5-12(6-9-17)16-13-4-3-11(15)10-14(13)18(19)20/h1,3-4,10,12,16H,5-9H2. The van der Waals surface area contributed by atoms with Crippen molar-refractivity contribution in [2.45, 2.75) is 18.9 Å². The molecule has 1 aromatic rings. The minimum atomic E-state index is -0.415. The fourth-order valence-corrected chi connectivity index (χ4v) is 2.53. The Morgan fingerprint density at radius 2 is 2.20 bits per heavy atom. The van der Waals surface area contributed by atoms with Gasteiger partial charge in [-0.3, -0.25) is 15.0 Å². The maximum absolute atomic E-state index is 11.0. The molecule has 6 heteroatoms. The molecule has 1 aromatic carbocycles. The highest BCUT2D eigenvalue weighted by molar-refractivity contribution is 6.30. The van der Waals surface area contributed by atoms with Crippen LogP contribution in [0.2, 0.25) is 5.02 Å². The molecule has 1 heterocycles. The molecule has 1 fully saturated rings. The molecule has 0 unspecified atom stereocenters. The van der Waals surface area contributed by atoms with Gasteiger partial charge in [-0.2, -0.15) is 0 Å². The number of nitro benzene ring substituents is 1. The number of rotatable bonds is 4. The first kappa shape index (κ1) is 14.6. The number of piperidine rings is 1. The van der Waals surface area contributed by atoms with Crippen LogP contribution in [0.25, 0.3) is 0 Å². The molecule has 20 heavy (non-hydrogen) atoms. The van der Waals surface area contributed by atoms with Gasteiger partial charge >= 0.3 is 0 Å². The molecular formula is C14H16ClN3O2. The van der Waals surface area contributed by atoms with Crippen LogP contribution in [0.4, 0.5) is 11.4 Å². The van der Waals surface area contributed by atoms with Crippen molar-refractivity contribution in [3.63, 3.8) is 0 Å². The molecule has 0 spiro atoms. The highest BCUT2D eigenvalue weighted by atomic mass is 35.5. The van der Waals surface area contributed by atoms with Crippen LogP contribution in [-0.4, -0.2) is 35.5 Å². The Hall–Kier alpha value is -1.77. The van der Waals surface area contributed by atoms with Crippen molar-refractivity contribution in [1.29, 1.82) is 0 Å². The Bertz CT molecular complexity index is 534. The van der Waals surface area contributed by atoms with Crippen LogP contribution in [0.5, 0.6) is 0 Å². The summed E-state index contributed by atoms with van der Waals surface area (Å²) < 4.78 is 0. The second-order valence-corrected chi connectivity index (χ2v) is 5.25. The highest BCUT2D eigenvalue weighted by Gasteiger charge is 2.21. The van der Waals surface area contributed by atoms with E-state index in [1.54, 1.807) is 12.1 Å². The molecule has 0 aromatic heterocycles. The molecule has 1 aliphatic heterocycles. The zero-order valence-corrected chi connectivity index (χ0v) is 11.8. The average Bonchev–Trinajstić information content (AvgIpc) is 2.43. The summed E-state index contributed by atoms with van der Waals surface area (Å²) in [6, 6.07) is 4.92. The first-order valence-electron chi connectivity index (χ1n) is 6.46. The second kappa shape index (κ2) is 6.60. The van der Waals surface area contributed by atoms with Crippen molar-refractivity contribution in [3.05, 3.63) is 33.3 Å². The van der Waals surface area contributed by atoms with Crippen molar-refractivity contribution in [3.8, 4) is 12.3 Å². The van der Waals surface area contributed by atoms with Crippen LogP contribution in [0.3, 0.4) is 0 Å². The Morgan fingerprint density at radius 1 is 1.50 bits per heavy atom. The van der Waals surface area contributed by atoms with Crippen LogP contribution in [0.1, 0.15) is 12.8 Å². The monoisotopic (exact) mass is 293 g/mol. The summed E-state index contributed by atoms with van der Waals surface area (Å²) in [5, 5.41) is 14.6. The zero-order valence-electron chi connectivity index (χ0n) is 11.0. The predicted molar refractivity (Wildman–Crippen MR) is 80.0 cm³/mol. The first-order valence-corrected chi connectivity index (χ1v) is 6.84. The van der Waals surface area contributed by atoms with Gasteiger partial charge in [0.1, 0.15) is 5.69 Å². The number of nitrogens with one attached hydrogen (secondary N) is 1. The van der Waals surface area contributed by atoms with Gasteiger partial charge in [0.2, 0.25) is 0 Å². The van der Waals surface area contributed by atoms with Gasteiger partial charge in [-0.05, 0) is 25.0 Å². The molecule has 106 valence electrons. The largest absolute Gasteiger partial charge is 0.377 e. The number of hydrogen-bond donors (Lipinski definition) is 1. The molecule has 0 bridgehead atoms. The summed E-state index contributed by atoms with van der Waals surface area (Å²) in [5.74, 6) is 2.63. The van der Waals surface area contributed by atoms with E-state index in [1.807, 2.05) is 0 Å². The molecule has 0 atom stereocenters. The number of nitro groups is 1. The number of likely N-dealkylation sites (tertiary alicyclic amines) is 1. The first-order chi connectivity index (χ1) is 9.60. The Kier molecular flexibility index (Phi) is 4.83. The highest BCUT2D eigenvalue weighted by Crippen LogP contribution is 2.29. The molecule has 0 saturated carbocycles. The molecule has 0 radical (unpaired) electrons. The number of halogens is 1. The van der Waals surface area contributed by atoms with Gasteiger partial charge in [0, 0.05) is 30.2 Å². The van der Waals surface area contributed by atoms with Crippen LogP contribution in [0, 0.1) is 22.5 Å². The number of hydrogen-bond acceptors (Lipinski definition) is 4. The third-order valence-corrected chi connectivity index (χ3v) is 3.65. The lowest BCUT2D eigenvalue weighted by atomic mass is 10.0. The summed E-state index contributed by atoms with van der Waals surface area (Å²) in [6.07, 6.45) is 7.13. The molecular weight excluding hydrogens is 278 g/mol. The molecule has 1 saturated heterocycles. The van der Waals surface area contributed by atoms with E-state index in [2.05, 4.69) is 16.1 Å². The lowest BCUT2D eigenvalue weighted by Gasteiger charge is -2.31. The van der Waals surface area contributed by atoms with E-state index in [4.69, 9.17) is 18.0 Å². The second-order valence-electron chi connectivity index (χ2n) is 4.82. The molecule has 1 N–H and O–H groups in total. The smallest absolute Gasteiger partial charge is 0.293 e. The van der Waals surface area contributed by atoms with Crippen LogP contribution >= 0.6 is 11.6 Å². The van der Waals surface area contributed by atoms with Crippen molar-refractivity contribution in [2.24, 2.45) is 0 Å². The fraction of sp³-hybridized carbons (Fsp3) is 0.429. The van der Waals surface area contributed by atoms with Crippen LogP contribution in [0.15, 0.2) is 18.2 Å². The van der Waals surface area contributed by atoms with E-state index in [9.17, 15) is 10.1 Å². The summed E-state index contributed by atoms with van der Waals surface area (Å²) in [7, 11) is 0. The topological polar surface area (TPSA) is 58.4 Å². The molecule has 5 nitrogen and oxygen atoms in total. The van der Waals surface area contributed by atoms with Crippen molar-refractivity contribution in [1.82, 2.24) is 4.90 Å². The normalized spacial score (nSPS) is 16.6. The molecule has 0 amide bonds. The molecule has 0 aliphatic carbocycles. The third-order valence-electron chi connectivity index (χ3n) is 3.42. The van der Waals surface area contributed by atoms with Gasteiger partial charge in [0.15, 0.2) is 0 Å². The van der Waals surface area contributed by atoms with Crippen LogP contribution in [-0.2, 0) is 0 Å². The maximum atomic E-state index is 11.0. The maximum Gasteiger partial charge on any atom is 0.293 e. The van der Waals surface area contributed by atoms with E-state index in [0.29, 0.717) is 17.3 Å². The SMILES string of the molecule is C#CCN1CCC(Nc2ccc(Cl)cc2[N+](=O)[O-])CC1. The molecule has 1 aliphatic rings. The van der Waals surface area contributed by atoms with E-state index in [-0.39, 0.29) is 11.7 Å².